The summed E-state index contributed by atoms with van der Waals surface area (Å²) in [6, 6.07) is 5.02. The van der Waals surface area contributed by atoms with Gasteiger partial charge in [0.15, 0.2) is 0 Å². The van der Waals surface area contributed by atoms with Gasteiger partial charge in [0, 0.05) is 24.4 Å². The zero-order valence-electron chi connectivity index (χ0n) is 10.3. The summed E-state index contributed by atoms with van der Waals surface area (Å²) in [4.78, 5) is 4.53. The Morgan fingerprint density at radius 1 is 1.40 bits per heavy atom. The van der Waals surface area contributed by atoms with Gasteiger partial charge in [0.05, 0.1) is 21.1 Å². The number of benzene rings is 1. The SMILES string of the molecule is Fc1cc2c(cc1I)nc(CCCl)n2Cc1ccon1. The highest BCUT2D eigenvalue weighted by molar-refractivity contribution is 14.1. The molecule has 0 aliphatic rings. The minimum Gasteiger partial charge on any atom is -0.364 e. The van der Waals surface area contributed by atoms with E-state index < -0.39 is 0 Å². The second kappa shape index (κ2) is 5.69. The van der Waals surface area contributed by atoms with Crippen molar-refractivity contribution in [1.82, 2.24) is 14.7 Å². The predicted molar refractivity (Wildman–Crippen MR) is 82.4 cm³/mol. The van der Waals surface area contributed by atoms with E-state index in [1.54, 1.807) is 12.1 Å². The molecule has 1 aromatic carbocycles. The Morgan fingerprint density at radius 2 is 2.25 bits per heavy atom. The van der Waals surface area contributed by atoms with Gasteiger partial charge in [-0.1, -0.05) is 5.16 Å². The number of aryl methyl sites for hydroxylation is 1. The molecule has 104 valence electrons. The number of halogens is 3. The van der Waals surface area contributed by atoms with E-state index in [1.165, 1.54) is 12.3 Å². The Labute approximate surface area is 133 Å². The van der Waals surface area contributed by atoms with Crippen LogP contribution in [0.25, 0.3) is 11.0 Å². The van der Waals surface area contributed by atoms with Crippen LogP contribution in [0.5, 0.6) is 0 Å². The normalized spacial score (nSPS) is 11.3. The van der Waals surface area contributed by atoms with Crippen molar-refractivity contribution in [1.29, 1.82) is 0 Å². The van der Waals surface area contributed by atoms with Crippen LogP contribution >= 0.6 is 34.2 Å². The third-order valence-corrected chi connectivity index (χ3v) is 4.01. The van der Waals surface area contributed by atoms with E-state index in [0.717, 1.165) is 22.6 Å². The first-order valence-corrected chi connectivity index (χ1v) is 7.59. The molecule has 4 nitrogen and oxygen atoms in total. The van der Waals surface area contributed by atoms with Gasteiger partial charge >= 0.3 is 0 Å². The number of hydrogen-bond donors (Lipinski definition) is 0. The summed E-state index contributed by atoms with van der Waals surface area (Å²) in [6.45, 7) is 0.485. The van der Waals surface area contributed by atoms with Crippen LogP contribution in [-0.2, 0) is 13.0 Å². The molecule has 2 heterocycles. The Bertz CT molecular complexity index is 742. The quantitative estimate of drug-likeness (QED) is 0.492. The predicted octanol–water partition coefficient (Wildman–Crippen LogP) is 3.60. The number of rotatable bonds is 4. The molecule has 0 aliphatic heterocycles. The van der Waals surface area contributed by atoms with Crippen molar-refractivity contribution in [2.45, 2.75) is 13.0 Å². The number of imidazole rings is 1. The Balaban J connectivity index is 2.15. The minimum absolute atomic E-state index is 0.253. The zero-order valence-corrected chi connectivity index (χ0v) is 13.2. The summed E-state index contributed by atoms with van der Waals surface area (Å²) in [5.74, 6) is 1.03. The molecule has 0 bridgehead atoms. The molecule has 0 atom stereocenters. The van der Waals surface area contributed by atoms with E-state index in [9.17, 15) is 4.39 Å². The molecule has 3 rings (SSSR count). The lowest BCUT2D eigenvalue weighted by molar-refractivity contribution is 0.409. The second-order valence-corrected chi connectivity index (χ2v) is 5.84. The fraction of sp³-hybridized carbons (Fsp3) is 0.231. The average molecular weight is 406 g/mol. The van der Waals surface area contributed by atoms with Crippen molar-refractivity contribution in [2.24, 2.45) is 0 Å². The van der Waals surface area contributed by atoms with Crippen molar-refractivity contribution in [3.8, 4) is 0 Å². The molecule has 0 fully saturated rings. The van der Waals surface area contributed by atoms with E-state index in [0.29, 0.717) is 22.4 Å². The summed E-state index contributed by atoms with van der Waals surface area (Å²) < 4.78 is 21.1. The maximum atomic E-state index is 13.8. The molecule has 20 heavy (non-hydrogen) atoms. The van der Waals surface area contributed by atoms with E-state index in [2.05, 4.69) is 10.1 Å². The molecule has 0 radical (unpaired) electrons. The molecule has 0 N–H and O–H groups in total. The zero-order chi connectivity index (χ0) is 14.1. The molecular formula is C13H10ClFIN3O. The van der Waals surface area contributed by atoms with Gasteiger partial charge in [0.25, 0.3) is 0 Å². The Morgan fingerprint density at radius 3 is 2.95 bits per heavy atom. The van der Waals surface area contributed by atoms with E-state index in [-0.39, 0.29) is 5.82 Å². The number of alkyl halides is 1. The summed E-state index contributed by atoms with van der Waals surface area (Å²) >= 11 is 7.78. The lowest BCUT2D eigenvalue weighted by Gasteiger charge is -2.06. The van der Waals surface area contributed by atoms with Gasteiger partial charge in [-0.05, 0) is 28.7 Å². The fourth-order valence-electron chi connectivity index (χ4n) is 2.10. The average Bonchev–Trinajstić information content (AvgIpc) is 3.02. The maximum absolute atomic E-state index is 13.8. The summed E-state index contributed by atoms with van der Waals surface area (Å²) in [6.07, 6.45) is 2.13. The third-order valence-electron chi connectivity index (χ3n) is 3.00. The topological polar surface area (TPSA) is 43.9 Å². The molecule has 0 aliphatic carbocycles. The number of nitrogens with zero attached hydrogens (tertiary/aromatic N) is 3. The highest BCUT2D eigenvalue weighted by atomic mass is 127. The first-order chi connectivity index (χ1) is 9.69. The molecule has 0 amide bonds. The van der Waals surface area contributed by atoms with Crippen LogP contribution in [-0.4, -0.2) is 20.6 Å². The van der Waals surface area contributed by atoms with Gasteiger partial charge in [0.1, 0.15) is 23.6 Å². The summed E-state index contributed by atoms with van der Waals surface area (Å²) in [5.41, 5.74) is 2.27. The highest BCUT2D eigenvalue weighted by Crippen LogP contribution is 2.23. The molecule has 7 heteroatoms. The maximum Gasteiger partial charge on any atom is 0.138 e. The van der Waals surface area contributed by atoms with Crippen molar-refractivity contribution >= 4 is 45.2 Å². The third kappa shape index (κ3) is 2.54. The monoisotopic (exact) mass is 405 g/mol. The van der Waals surface area contributed by atoms with Gasteiger partial charge in [-0.15, -0.1) is 11.6 Å². The molecule has 0 spiro atoms. The standard InChI is InChI=1S/C13H10ClFIN3O/c14-3-1-13-17-11-6-10(16)9(15)5-12(11)19(13)7-8-2-4-20-18-8/h2,4-6H,1,3,7H2. The molecular weight excluding hydrogens is 396 g/mol. The van der Waals surface area contributed by atoms with Gasteiger partial charge in [0.2, 0.25) is 0 Å². The van der Waals surface area contributed by atoms with Gasteiger partial charge in [-0.3, -0.25) is 0 Å². The highest BCUT2D eigenvalue weighted by Gasteiger charge is 2.14. The molecule has 0 saturated carbocycles. The number of hydrogen-bond acceptors (Lipinski definition) is 3. The van der Waals surface area contributed by atoms with E-state index in [4.69, 9.17) is 16.1 Å². The van der Waals surface area contributed by atoms with E-state index >= 15 is 0 Å². The van der Waals surface area contributed by atoms with Gasteiger partial charge in [-0.2, -0.15) is 0 Å². The molecule has 2 aromatic heterocycles. The van der Waals surface area contributed by atoms with E-state index in [1.807, 2.05) is 27.2 Å². The summed E-state index contributed by atoms with van der Waals surface area (Å²) in [5, 5.41) is 3.89. The number of fused-ring (bicyclic) bond motifs is 1. The van der Waals surface area contributed by atoms with Crippen molar-refractivity contribution in [3.63, 3.8) is 0 Å². The van der Waals surface area contributed by atoms with Crippen LogP contribution in [0.3, 0.4) is 0 Å². The molecule has 3 aromatic rings. The van der Waals surface area contributed by atoms with Crippen molar-refractivity contribution in [2.75, 3.05) is 5.88 Å². The lowest BCUT2D eigenvalue weighted by atomic mass is 10.3. The Kier molecular flexibility index (Phi) is 3.93. The van der Waals surface area contributed by atoms with Gasteiger partial charge in [-0.25, -0.2) is 9.37 Å². The van der Waals surface area contributed by atoms with Crippen molar-refractivity contribution in [3.05, 3.63) is 45.4 Å². The first kappa shape index (κ1) is 13.8. The van der Waals surface area contributed by atoms with Crippen LogP contribution in [0.1, 0.15) is 11.5 Å². The number of aromatic nitrogens is 3. The molecule has 0 saturated heterocycles. The smallest absolute Gasteiger partial charge is 0.138 e. The van der Waals surface area contributed by atoms with Gasteiger partial charge < -0.3 is 9.09 Å². The van der Waals surface area contributed by atoms with Crippen LogP contribution in [0.4, 0.5) is 4.39 Å². The molecule has 0 unspecified atom stereocenters. The van der Waals surface area contributed by atoms with Crippen LogP contribution in [0.2, 0.25) is 0 Å². The van der Waals surface area contributed by atoms with Crippen LogP contribution in [0.15, 0.2) is 29.0 Å². The van der Waals surface area contributed by atoms with Crippen LogP contribution in [0, 0.1) is 9.39 Å². The van der Waals surface area contributed by atoms with Crippen LogP contribution < -0.4 is 0 Å². The minimum atomic E-state index is -0.253. The largest absolute Gasteiger partial charge is 0.364 e. The second-order valence-electron chi connectivity index (χ2n) is 4.30. The first-order valence-electron chi connectivity index (χ1n) is 5.98. The van der Waals surface area contributed by atoms with Crippen molar-refractivity contribution < 1.29 is 8.91 Å². The Hall–Kier alpha value is -1.15. The lowest BCUT2D eigenvalue weighted by Crippen LogP contribution is -2.06. The summed E-state index contributed by atoms with van der Waals surface area (Å²) in [7, 11) is 0. The fourth-order valence-corrected chi connectivity index (χ4v) is 2.72.